The molecule has 7 nitrogen and oxygen atoms in total. The second kappa shape index (κ2) is 10.5. The van der Waals surface area contributed by atoms with Crippen molar-refractivity contribution >= 4 is 34.4 Å². The lowest BCUT2D eigenvalue weighted by molar-refractivity contribution is -0.143. The number of hydrogen-bond donors (Lipinski definition) is 0. The quantitative estimate of drug-likeness (QED) is 0.221. The van der Waals surface area contributed by atoms with Gasteiger partial charge in [0.15, 0.2) is 0 Å². The van der Waals surface area contributed by atoms with E-state index in [9.17, 15) is 4.79 Å². The van der Waals surface area contributed by atoms with E-state index >= 15 is 0 Å². The van der Waals surface area contributed by atoms with Crippen LogP contribution in [0.1, 0.15) is 13.3 Å². The molecule has 1 saturated heterocycles. The summed E-state index contributed by atoms with van der Waals surface area (Å²) >= 11 is 0. The summed E-state index contributed by atoms with van der Waals surface area (Å²) in [4.78, 5) is 13.9. The number of ether oxygens (including phenoxy) is 1. The molecule has 1 heterocycles. The fourth-order valence-corrected chi connectivity index (χ4v) is 3.35. The zero-order chi connectivity index (χ0) is 23.0. The second-order valence-electron chi connectivity index (χ2n) is 7.81. The van der Waals surface area contributed by atoms with Crippen molar-refractivity contribution in [3.8, 4) is 0 Å². The predicted octanol–water partition coefficient (Wildman–Crippen LogP) is 7.22. The first-order chi connectivity index (χ1) is 16.1. The molecule has 3 aromatic carbocycles. The highest BCUT2D eigenvalue weighted by Gasteiger charge is 2.25. The van der Waals surface area contributed by atoms with Crippen molar-refractivity contribution in [2.24, 2.45) is 20.5 Å². The molecule has 7 heteroatoms. The molecule has 0 aliphatic carbocycles. The molecule has 1 atom stereocenters. The van der Waals surface area contributed by atoms with E-state index < -0.39 is 0 Å². The van der Waals surface area contributed by atoms with E-state index in [-0.39, 0.29) is 12.1 Å². The number of hydrogen-bond acceptors (Lipinski definition) is 7. The van der Waals surface area contributed by atoms with Gasteiger partial charge in [-0.25, -0.2) is 4.79 Å². The van der Waals surface area contributed by atoms with Gasteiger partial charge in [0.2, 0.25) is 0 Å². The maximum absolute atomic E-state index is 11.7. The van der Waals surface area contributed by atoms with Crippen LogP contribution >= 0.6 is 0 Å². The number of carbonyl (C=O) groups is 1. The molecule has 0 radical (unpaired) electrons. The molecule has 0 bridgehead atoms. The van der Waals surface area contributed by atoms with Crippen LogP contribution in [0, 0.1) is 0 Å². The third-order valence-electron chi connectivity index (χ3n) is 5.15. The minimum atomic E-state index is -0.329. The third kappa shape index (κ3) is 6.20. The Kier molecular flexibility index (Phi) is 6.99. The van der Waals surface area contributed by atoms with Crippen molar-refractivity contribution in [2.45, 2.75) is 19.4 Å². The zero-order valence-corrected chi connectivity index (χ0v) is 18.5. The number of benzene rings is 3. The molecule has 3 aromatic rings. The molecule has 1 fully saturated rings. The van der Waals surface area contributed by atoms with Crippen molar-refractivity contribution in [1.82, 2.24) is 0 Å². The van der Waals surface area contributed by atoms with Gasteiger partial charge in [-0.05, 0) is 67.6 Å². The van der Waals surface area contributed by atoms with Gasteiger partial charge >= 0.3 is 5.97 Å². The highest BCUT2D eigenvalue weighted by Crippen LogP contribution is 2.27. The van der Waals surface area contributed by atoms with Crippen LogP contribution in [0.2, 0.25) is 0 Å². The Morgan fingerprint density at radius 2 is 1.30 bits per heavy atom. The van der Waals surface area contributed by atoms with Gasteiger partial charge in [0, 0.05) is 24.2 Å². The Balaban J connectivity index is 1.31. The minimum Gasteiger partial charge on any atom is -0.457 e. The van der Waals surface area contributed by atoms with E-state index in [1.165, 1.54) is 0 Å². The number of carbonyl (C=O) groups excluding carboxylic acids is 1. The molecule has 1 aliphatic heterocycles. The lowest BCUT2D eigenvalue weighted by atomic mass is 10.2. The van der Waals surface area contributed by atoms with Crippen LogP contribution < -0.4 is 4.90 Å². The largest absolute Gasteiger partial charge is 0.457 e. The van der Waals surface area contributed by atoms with Crippen molar-refractivity contribution in [3.63, 3.8) is 0 Å². The van der Waals surface area contributed by atoms with Gasteiger partial charge < -0.3 is 9.64 Å². The zero-order valence-electron chi connectivity index (χ0n) is 18.5. The normalized spacial score (nSPS) is 15.9. The van der Waals surface area contributed by atoms with E-state index in [1.807, 2.05) is 78.9 Å². The molecular formula is C26H25N5O2. The maximum atomic E-state index is 11.7. The van der Waals surface area contributed by atoms with E-state index in [1.54, 1.807) is 6.92 Å². The van der Waals surface area contributed by atoms with Gasteiger partial charge in [-0.2, -0.15) is 20.5 Å². The second-order valence-corrected chi connectivity index (χ2v) is 7.81. The fraction of sp³-hybridized carbons (Fsp3) is 0.192. The van der Waals surface area contributed by atoms with Gasteiger partial charge in [0.05, 0.1) is 29.3 Å². The summed E-state index contributed by atoms with van der Waals surface area (Å²) in [6, 6.07) is 24.9. The molecule has 0 unspecified atom stereocenters. The molecule has 0 amide bonds. The lowest BCUT2D eigenvalue weighted by Gasteiger charge is -2.18. The Hall–Kier alpha value is -4.13. The highest BCUT2D eigenvalue weighted by atomic mass is 16.5. The average molecular weight is 440 g/mol. The van der Waals surface area contributed by atoms with Crippen LogP contribution in [-0.4, -0.2) is 25.2 Å². The first kappa shape index (κ1) is 22.1. The molecule has 166 valence electrons. The van der Waals surface area contributed by atoms with Crippen molar-refractivity contribution in [3.05, 3.63) is 91.0 Å². The lowest BCUT2D eigenvalue weighted by Crippen LogP contribution is -2.24. The van der Waals surface area contributed by atoms with Crippen LogP contribution in [-0.2, 0) is 9.53 Å². The summed E-state index contributed by atoms with van der Waals surface area (Å²) in [5.41, 5.74) is 4.54. The van der Waals surface area contributed by atoms with Gasteiger partial charge in [-0.15, -0.1) is 0 Å². The molecule has 0 saturated carbocycles. The molecule has 1 aliphatic rings. The molecule has 4 rings (SSSR count). The number of rotatable bonds is 7. The first-order valence-electron chi connectivity index (χ1n) is 10.8. The SMILES string of the molecule is C=C(C)C(=O)O[C@H]1CCN(c2ccc(N=Nc3ccc(N=Nc4ccccc4)cc3)cc2)C1. The Morgan fingerprint density at radius 1 is 0.818 bits per heavy atom. The number of anilines is 1. The number of esters is 1. The summed E-state index contributed by atoms with van der Waals surface area (Å²) in [6.07, 6.45) is 0.699. The van der Waals surface area contributed by atoms with Gasteiger partial charge in [0.25, 0.3) is 0 Å². The molecular weight excluding hydrogens is 414 g/mol. The Labute approximate surface area is 193 Å². The van der Waals surface area contributed by atoms with Gasteiger partial charge in [-0.3, -0.25) is 0 Å². The predicted molar refractivity (Wildman–Crippen MR) is 129 cm³/mol. The van der Waals surface area contributed by atoms with Crippen molar-refractivity contribution < 1.29 is 9.53 Å². The van der Waals surface area contributed by atoms with E-state index in [0.29, 0.717) is 12.1 Å². The molecule has 33 heavy (non-hydrogen) atoms. The monoisotopic (exact) mass is 439 g/mol. The summed E-state index contributed by atoms with van der Waals surface area (Å²) in [5, 5.41) is 17.0. The maximum Gasteiger partial charge on any atom is 0.333 e. The molecule has 0 spiro atoms. The first-order valence-corrected chi connectivity index (χ1v) is 10.8. The van der Waals surface area contributed by atoms with Crippen LogP contribution in [0.3, 0.4) is 0 Å². The van der Waals surface area contributed by atoms with E-state index in [0.717, 1.165) is 41.4 Å². The fourth-order valence-electron chi connectivity index (χ4n) is 3.35. The molecule has 0 aromatic heterocycles. The summed E-state index contributed by atoms with van der Waals surface area (Å²) < 4.78 is 5.46. The van der Waals surface area contributed by atoms with E-state index in [4.69, 9.17) is 4.74 Å². The standard InChI is InChI=1S/C26H25N5O2/c1-19(2)26(32)33-25-16-17-31(18-25)24-14-12-23(13-15-24)30-29-22-10-8-21(9-11-22)28-27-20-6-4-3-5-7-20/h3-15,25H,1,16-18H2,2H3/t25-/m0/s1. The van der Waals surface area contributed by atoms with Crippen LogP contribution in [0.4, 0.5) is 28.4 Å². The summed E-state index contributed by atoms with van der Waals surface area (Å²) in [7, 11) is 0. The third-order valence-corrected chi connectivity index (χ3v) is 5.15. The summed E-state index contributed by atoms with van der Waals surface area (Å²) in [6.45, 7) is 6.80. The number of azo groups is 2. The van der Waals surface area contributed by atoms with Crippen LogP contribution in [0.5, 0.6) is 0 Å². The van der Waals surface area contributed by atoms with Gasteiger partial charge in [0.1, 0.15) is 6.10 Å². The minimum absolute atomic E-state index is 0.108. The average Bonchev–Trinajstić information content (AvgIpc) is 3.31. The topological polar surface area (TPSA) is 79.0 Å². The Morgan fingerprint density at radius 3 is 1.82 bits per heavy atom. The Bertz CT molecular complexity index is 1160. The number of nitrogens with zero attached hydrogens (tertiary/aromatic N) is 5. The van der Waals surface area contributed by atoms with Crippen LogP contribution in [0.25, 0.3) is 0 Å². The van der Waals surface area contributed by atoms with Crippen molar-refractivity contribution in [2.75, 3.05) is 18.0 Å². The summed E-state index contributed by atoms with van der Waals surface area (Å²) in [5.74, 6) is -0.329. The van der Waals surface area contributed by atoms with Gasteiger partial charge in [-0.1, -0.05) is 24.8 Å². The van der Waals surface area contributed by atoms with Crippen LogP contribution in [0.15, 0.2) is 111 Å². The van der Waals surface area contributed by atoms with E-state index in [2.05, 4.69) is 31.9 Å². The smallest absolute Gasteiger partial charge is 0.333 e. The highest BCUT2D eigenvalue weighted by molar-refractivity contribution is 5.87. The molecule has 0 N–H and O–H groups in total. The van der Waals surface area contributed by atoms with Crippen molar-refractivity contribution in [1.29, 1.82) is 0 Å².